The Kier molecular flexibility index (Phi) is 7.89. The summed E-state index contributed by atoms with van der Waals surface area (Å²) in [4.78, 5) is 0. The topological polar surface area (TPSA) is 129 Å². The van der Waals surface area contributed by atoms with E-state index < -0.39 is 24.9 Å². The van der Waals surface area contributed by atoms with Crippen molar-refractivity contribution in [3.63, 3.8) is 0 Å². The van der Waals surface area contributed by atoms with Crippen molar-refractivity contribution < 1.29 is 39.7 Å². The van der Waals surface area contributed by atoms with Gasteiger partial charge >= 0.3 is 0 Å². The lowest BCUT2D eigenvalue weighted by atomic mass is 10.0. The van der Waals surface area contributed by atoms with Crippen molar-refractivity contribution in [1.29, 1.82) is 0 Å². The Morgan fingerprint density at radius 1 is 0.857 bits per heavy atom. The molecule has 5 N–H and O–H groups in total. The van der Waals surface area contributed by atoms with Crippen LogP contribution in [-0.2, 0) is 6.42 Å². The summed E-state index contributed by atoms with van der Waals surface area (Å²) in [7, 11) is 2.84. The van der Waals surface area contributed by atoms with Crippen LogP contribution in [0.5, 0.6) is 23.0 Å². The monoisotopic (exact) mass is 394 g/mol. The van der Waals surface area contributed by atoms with Crippen LogP contribution in [0.25, 0.3) is 0 Å². The number of hydrogen-bond donors (Lipinski definition) is 5. The Balaban J connectivity index is 2.21. The van der Waals surface area contributed by atoms with Gasteiger partial charge in [0.05, 0.1) is 33.5 Å². The van der Waals surface area contributed by atoms with Crippen molar-refractivity contribution in [2.45, 2.75) is 24.7 Å². The molecule has 0 saturated heterocycles. The average Bonchev–Trinajstić information content (AvgIpc) is 2.72. The highest BCUT2D eigenvalue weighted by Gasteiger charge is 2.24. The molecule has 0 aliphatic heterocycles. The van der Waals surface area contributed by atoms with Crippen molar-refractivity contribution >= 4 is 0 Å². The van der Waals surface area contributed by atoms with Crippen LogP contribution in [0.15, 0.2) is 36.4 Å². The second kappa shape index (κ2) is 10.1. The van der Waals surface area contributed by atoms with Crippen LogP contribution < -0.4 is 14.2 Å². The van der Waals surface area contributed by atoms with E-state index in [-0.39, 0.29) is 24.5 Å². The summed E-state index contributed by atoms with van der Waals surface area (Å²) in [6.45, 7) is -0.825. The minimum Gasteiger partial charge on any atom is -0.504 e. The third kappa shape index (κ3) is 5.26. The molecule has 154 valence electrons. The highest BCUT2D eigenvalue weighted by atomic mass is 16.5. The zero-order valence-corrected chi connectivity index (χ0v) is 15.8. The van der Waals surface area contributed by atoms with E-state index in [9.17, 15) is 20.4 Å². The smallest absolute Gasteiger partial charge is 0.161 e. The third-order valence-electron chi connectivity index (χ3n) is 4.27. The van der Waals surface area contributed by atoms with Gasteiger partial charge in [-0.05, 0) is 35.4 Å². The maximum Gasteiger partial charge on any atom is 0.161 e. The lowest BCUT2D eigenvalue weighted by Gasteiger charge is -2.24. The lowest BCUT2D eigenvalue weighted by Crippen LogP contribution is -2.29. The fourth-order valence-electron chi connectivity index (χ4n) is 2.73. The standard InChI is InChI=1S/C20H26O8/c1-26-17-9-13(4-5-15(17)24)20(25)19(11-22)28-16-6-3-12(7-14(23)10-21)8-18(16)27-2/h3-6,8-9,14,19-25H,7,10-11H2,1-2H3/t14-,19-,20-/m1/s1. The summed E-state index contributed by atoms with van der Waals surface area (Å²) >= 11 is 0. The second-order valence-corrected chi connectivity index (χ2v) is 6.24. The SMILES string of the molecule is COc1cc([C@@H](O)[C@@H](CO)Oc2ccc(C[C@@H](O)CO)cc2OC)ccc1O. The number of aromatic hydroxyl groups is 1. The van der Waals surface area contributed by atoms with E-state index in [1.165, 1.54) is 32.4 Å². The van der Waals surface area contributed by atoms with Crippen molar-refractivity contribution in [2.75, 3.05) is 27.4 Å². The molecule has 0 aromatic heterocycles. The van der Waals surface area contributed by atoms with E-state index in [4.69, 9.17) is 19.3 Å². The zero-order chi connectivity index (χ0) is 20.7. The van der Waals surface area contributed by atoms with E-state index in [1.54, 1.807) is 18.2 Å². The van der Waals surface area contributed by atoms with E-state index in [1.807, 2.05) is 0 Å². The number of phenolic OH excluding ortho intramolecular Hbond substituents is 1. The van der Waals surface area contributed by atoms with E-state index >= 15 is 0 Å². The summed E-state index contributed by atoms with van der Waals surface area (Å²) in [5.41, 5.74) is 1.13. The van der Waals surface area contributed by atoms with Crippen LogP contribution in [0.4, 0.5) is 0 Å². The van der Waals surface area contributed by atoms with Crippen molar-refractivity contribution in [3.05, 3.63) is 47.5 Å². The number of phenols is 1. The largest absolute Gasteiger partial charge is 0.504 e. The van der Waals surface area contributed by atoms with Gasteiger partial charge in [0.1, 0.15) is 6.10 Å². The molecule has 2 aromatic carbocycles. The second-order valence-electron chi connectivity index (χ2n) is 6.24. The van der Waals surface area contributed by atoms with Gasteiger partial charge in [-0.1, -0.05) is 12.1 Å². The molecule has 0 saturated carbocycles. The highest BCUT2D eigenvalue weighted by Crippen LogP contribution is 2.34. The van der Waals surface area contributed by atoms with E-state index in [0.717, 1.165) is 5.56 Å². The molecule has 8 heteroatoms. The number of benzene rings is 2. The fourth-order valence-corrected chi connectivity index (χ4v) is 2.73. The first-order valence-electron chi connectivity index (χ1n) is 8.71. The highest BCUT2D eigenvalue weighted by molar-refractivity contribution is 5.44. The fraction of sp³-hybridized carbons (Fsp3) is 0.400. The van der Waals surface area contributed by atoms with Crippen molar-refractivity contribution in [2.24, 2.45) is 0 Å². The van der Waals surface area contributed by atoms with Crippen LogP contribution in [0, 0.1) is 0 Å². The van der Waals surface area contributed by atoms with Crippen LogP contribution in [0.1, 0.15) is 17.2 Å². The van der Waals surface area contributed by atoms with Gasteiger partial charge in [0.25, 0.3) is 0 Å². The molecule has 0 bridgehead atoms. The number of aliphatic hydroxyl groups excluding tert-OH is 4. The zero-order valence-electron chi connectivity index (χ0n) is 15.8. The summed E-state index contributed by atoms with van der Waals surface area (Å²) in [5.74, 6) is 0.782. The number of rotatable bonds is 10. The molecule has 8 nitrogen and oxygen atoms in total. The van der Waals surface area contributed by atoms with Crippen molar-refractivity contribution in [3.8, 4) is 23.0 Å². The predicted molar refractivity (Wildman–Crippen MR) is 101 cm³/mol. The van der Waals surface area contributed by atoms with Gasteiger partial charge < -0.3 is 39.7 Å². The average molecular weight is 394 g/mol. The van der Waals surface area contributed by atoms with Crippen LogP contribution in [0.3, 0.4) is 0 Å². The van der Waals surface area contributed by atoms with Gasteiger partial charge in [-0.3, -0.25) is 0 Å². The Morgan fingerprint density at radius 2 is 1.57 bits per heavy atom. The summed E-state index contributed by atoms with van der Waals surface area (Å²) < 4.78 is 16.1. The molecule has 0 fully saturated rings. The number of methoxy groups -OCH3 is 2. The molecule has 0 radical (unpaired) electrons. The van der Waals surface area contributed by atoms with E-state index in [0.29, 0.717) is 17.1 Å². The van der Waals surface area contributed by atoms with Gasteiger partial charge in [-0.25, -0.2) is 0 Å². The minimum atomic E-state index is -1.19. The first-order valence-corrected chi connectivity index (χ1v) is 8.71. The lowest BCUT2D eigenvalue weighted by molar-refractivity contribution is -0.000533. The van der Waals surface area contributed by atoms with Crippen LogP contribution in [-0.4, -0.2) is 65.2 Å². The van der Waals surface area contributed by atoms with E-state index in [2.05, 4.69) is 0 Å². The van der Waals surface area contributed by atoms with Gasteiger partial charge in [0.15, 0.2) is 29.1 Å². The Hall–Kier alpha value is -2.52. The van der Waals surface area contributed by atoms with Gasteiger partial charge in [-0.15, -0.1) is 0 Å². The quantitative estimate of drug-likeness (QED) is 0.400. The molecule has 2 rings (SSSR count). The normalized spacial score (nSPS) is 14.2. The minimum absolute atomic E-state index is 0.0674. The predicted octanol–water partition coefficient (Wildman–Crippen LogP) is 0.778. The molecular formula is C20H26O8. The molecule has 3 atom stereocenters. The molecular weight excluding hydrogens is 368 g/mol. The van der Waals surface area contributed by atoms with Crippen LogP contribution >= 0.6 is 0 Å². The number of hydrogen-bond acceptors (Lipinski definition) is 8. The van der Waals surface area contributed by atoms with Gasteiger partial charge in [0.2, 0.25) is 0 Å². The molecule has 0 aliphatic carbocycles. The van der Waals surface area contributed by atoms with Crippen LogP contribution in [0.2, 0.25) is 0 Å². The molecule has 0 amide bonds. The Bertz CT molecular complexity index is 764. The molecule has 0 spiro atoms. The maximum absolute atomic E-state index is 10.6. The number of aliphatic hydroxyl groups is 4. The molecule has 28 heavy (non-hydrogen) atoms. The maximum atomic E-state index is 10.6. The molecule has 2 aromatic rings. The van der Waals surface area contributed by atoms with Gasteiger partial charge in [-0.2, -0.15) is 0 Å². The first kappa shape index (κ1) is 21.8. The molecule has 0 unspecified atom stereocenters. The van der Waals surface area contributed by atoms with Crippen molar-refractivity contribution in [1.82, 2.24) is 0 Å². The Morgan fingerprint density at radius 3 is 2.18 bits per heavy atom. The number of ether oxygens (including phenoxy) is 3. The van der Waals surface area contributed by atoms with Gasteiger partial charge in [0, 0.05) is 6.42 Å². The first-order chi connectivity index (χ1) is 13.4. The summed E-state index contributed by atoms with van der Waals surface area (Å²) in [6.07, 6.45) is -2.84. The molecule has 0 heterocycles. The summed E-state index contributed by atoms with van der Waals surface area (Å²) in [5, 5.41) is 48.5. The molecule has 0 aliphatic rings. The summed E-state index contributed by atoms with van der Waals surface area (Å²) in [6, 6.07) is 9.30. The third-order valence-corrected chi connectivity index (χ3v) is 4.27. The Labute approximate surface area is 163 Å².